The van der Waals surface area contributed by atoms with Gasteiger partial charge in [0, 0.05) is 56.3 Å². The lowest BCUT2D eigenvalue weighted by Crippen LogP contribution is -2.44. The first-order valence-corrected chi connectivity index (χ1v) is 13.4. The predicted octanol–water partition coefficient (Wildman–Crippen LogP) is 4.55. The van der Waals surface area contributed by atoms with E-state index in [1.807, 2.05) is 54.6 Å². The minimum Gasteiger partial charge on any atom is -0.489 e. The number of hydrogen-bond donors (Lipinski definition) is 2. The average molecular weight is 537 g/mol. The summed E-state index contributed by atoms with van der Waals surface area (Å²) < 4.78 is 11.4. The Morgan fingerprint density at radius 3 is 2.23 bits per heavy atom. The maximum atomic E-state index is 6.54. The third-order valence-corrected chi connectivity index (χ3v) is 7.14. The Labute approximate surface area is 235 Å². The van der Waals surface area contributed by atoms with Crippen molar-refractivity contribution in [2.45, 2.75) is 13.2 Å². The quantitative estimate of drug-likeness (QED) is 0.321. The second-order valence-electron chi connectivity index (χ2n) is 9.90. The Balaban J connectivity index is 1.37. The molecule has 40 heavy (non-hydrogen) atoms. The number of nitrogens with zero attached hydrogens (tertiary/aromatic N) is 4. The van der Waals surface area contributed by atoms with Crippen molar-refractivity contribution in [1.82, 2.24) is 14.9 Å². The Kier molecular flexibility index (Phi) is 8.59. The normalized spacial score (nSPS) is 14.3. The zero-order valence-electron chi connectivity index (χ0n) is 23.1. The smallest absolute Gasteiger partial charge is 0.163 e. The lowest BCUT2D eigenvalue weighted by Gasteiger charge is -2.34. The second kappa shape index (κ2) is 12.6. The van der Waals surface area contributed by atoms with Crippen molar-refractivity contribution in [3.8, 4) is 16.9 Å². The number of aromatic nitrogens is 2. The summed E-state index contributed by atoms with van der Waals surface area (Å²) in [6, 6.07) is 26.2. The van der Waals surface area contributed by atoms with Crippen LogP contribution >= 0.6 is 0 Å². The van der Waals surface area contributed by atoms with Gasteiger partial charge in [-0.3, -0.25) is 0 Å². The monoisotopic (exact) mass is 536 g/mol. The maximum absolute atomic E-state index is 6.54. The van der Waals surface area contributed by atoms with Gasteiger partial charge in [0.1, 0.15) is 18.2 Å². The molecule has 1 saturated heterocycles. The van der Waals surface area contributed by atoms with E-state index in [-0.39, 0.29) is 6.61 Å². The summed E-state index contributed by atoms with van der Waals surface area (Å²) in [5, 5.41) is 0. The highest BCUT2D eigenvalue weighted by atomic mass is 16.5. The number of benzene rings is 3. The molecule has 0 aliphatic carbocycles. The third-order valence-electron chi connectivity index (χ3n) is 7.14. The van der Waals surface area contributed by atoms with Crippen molar-refractivity contribution < 1.29 is 9.47 Å². The highest BCUT2D eigenvalue weighted by molar-refractivity contribution is 5.81. The van der Waals surface area contributed by atoms with Gasteiger partial charge in [0.25, 0.3) is 0 Å². The predicted molar refractivity (Wildman–Crippen MR) is 161 cm³/mol. The maximum Gasteiger partial charge on any atom is 0.163 e. The van der Waals surface area contributed by atoms with E-state index in [0.717, 1.165) is 54.2 Å². The summed E-state index contributed by atoms with van der Waals surface area (Å²) in [6.07, 6.45) is 1.54. The highest BCUT2D eigenvalue weighted by Crippen LogP contribution is 2.32. The molecule has 0 atom stereocenters. The summed E-state index contributed by atoms with van der Waals surface area (Å²) in [5.41, 5.74) is 18.9. The molecule has 4 aromatic rings. The first-order chi connectivity index (χ1) is 19.6. The van der Waals surface area contributed by atoms with Gasteiger partial charge in [0.05, 0.1) is 12.3 Å². The van der Waals surface area contributed by atoms with Crippen LogP contribution in [-0.4, -0.2) is 55.2 Å². The fourth-order valence-electron chi connectivity index (χ4n) is 4.88. The SMILES string of the molecule is COCc1nc(C(=CN)c2ccc(N3CCN(C)CC3)cc2)nc(N)c1-c1ccc(OCc2ccccc2)cc1. The molecule has 0 unspecified atom stereocenters. The topological polar surface area (TPSA) is 103 Å². The van der Waals surface area contributed by atoms with Crippen molar-refractivity contribution in [1.29, 1.82) is 0 Å². The van der Waals surface area contributed by atoms with E-state index in [4.69, 9.17) is 25.9 Å². The van der Waals surface area contributed by atoms with Crippen LogP contribution in [0.3, 0.4) is 0 Å². The van der Waals surface area contributed by atoms with Crippen molar-refractivity contribution in [3.05, 3.63) is 108 Å². The largest absolute Gasteiger partial charge is 0.489 e. The summed E-state index contributed by atoms with van der Waals surface area (Å²) >= 11 is 0. The van der Waals surface area contributed by atoms with Gasteiger partial charge in [-0.05, 0) is 48.0 Å². The highest BCUT2D eigenvalue weighted by Gasteiger charge is 2.19. The van der Waals surface area contributed by atoms with Gasteiger partial charge in [0.2, 0.25) is 0 Å². The molecule has 5 rings (SSSR count). The number of nitrogen functional groups attached to an aromatic ring is 1. The van der Waals surface area contributed by atoms with Gasteiger partial charge >= 0.3 is 0 Å². The number of ether oxygens (including phenoxy) is 2. The Bertz CT molecular complexity index is 1430. The van der Waals surface area contributed by atoms with Crippen molar-refractivity contribution in [3.63, 3.8) is 0 Å². The zero-order valence-corrected chi connectivity index (χ0v) is 23.1. The van der Waals surface area contributed by atoms with E-state index < -0.39 is 0 Å². The van der Waals surface area contributed by atoms with Gasteiger partial charge in [0.15, 0.2) is 5.82 Å². The fourth-order valence-corrected chi connectivity index (χ4v) is 4.88. The molecule has 0 bridgehead atoms. The number of piperazine rings is 1. The minimum absolute atomic E-state index is 0.279. The van der Waals surface area contributed by atoms with E-state index in [0.29, 0.717) is 29.5 Å². The Morgan fingerprint density at radius 2 is 1.57 bits per heavy atom. The summed E-state index contributed by atoms with van der Waals surface area (Å²) in [6.45, 7) is 4.91. The van der Waals surface area contributed by atoms with Crippen LogP contribution in [0.15, 0.2) is 85.1 Å². The van der Waals surface area contributed by atoms with Crippen LogP contribution in [0.2, 0.25) is 0 Å². The number of anilines is 2. The first-order valence-electron chi connectivity index (χ1n) is 13.4. The van der Waals surface area contributed by atoms with E-state index in [9.17, 15) is 0 Å². The molecular weight excluding hydrogens is 500 g/mol. The standard InChI is InChI=1S/C32H36N6O2/c1-37-16-18-38(19-17-37)26-12-8-24(9-13-26)28(20-33)32-35-29(22-39-2)30(31(34)36-32)25-10-14-27(15-11-25)40-21-23-6-4-3-5-7-23/h3-15,20H,16-19,21-22,33H2,1-2H3,(H2,34,35,36). The molecule has 0 spiro atoms. The second-order valence-corrected chi connectivity index (χ2v) is 9.90. The number of likely N-dealkylation sites (N-methyl/N-ethyl adjacent to an activating group) is 1. The van der Waals surface area contributed by atoms with Crippen molar-refractivity contribution in [2.75, 3.05) is 51.0 Å². The molecular formula is C32H36N6O2. The zero-order chi connectivity index (χ0) is 27.9. The van der Waals surface area contributed by atoms with Crippen LogP contribution in [0.4, 0.5) is 11.5 Å². The van der Waals surface area contributed by atoms with Crippen LogP contribution in [0.1, 0.15) is 22.6 Å². The van der Waals surface area contributed by atoms with Gasteiger partial charge in [-0.15, -0.1) is 0 Å². The number of hydrogen-bond acceptors (Lipinski definition) is 8. The third kappa shape index (κ3) is 6.25. The molecule has 0 amide bonds. The number of nitrogens with two attached hydrogens (primary N) is 2. The first kappa shape index (κ1) is 27.2. The number of methoxy groups -OCH3 is 1. The molecule has 8 nitrogen and oxygen atoms in total. The van der Waals surface area contributed by atoms with E-state index in [1.54, 1.807) is 7.11 Å². The molecule has 1 aromatic heterocycles. The van der Waals surface area contributed by atoms with E-state index in [1.165, 1.54) is 11.9 Å². The van der Waals surface area contributed by atoms with E-state index >= 15 is 0 Å². The fraction of sp³-hybridized carbons (Fsp3) is 0.250. The lowest BCUT2D eigenvalue weighted by atomic mass is 10.0. The van der Waals surface area contributed by atoms with Gasteiger partial charge in [-0.1, -0.05) is 54.6 Å². The Hall–Kier alpha value is -4.40. The van der Waals surface area contributed by atoms with Gasteiger partial charge in [-0.2, -0.15) is 0 Å². The van der Waals surface area contributed by atoms with Crippen LogP contribution in [0, 0.1) is 0 Å². The molecule has 2 heterocycles. The summed E-state index contributed by atoms with van der Waals surface area (Å²) in [4.78, 5) is 14.3. The Morgan fingerprint density at radius 1 is 0.875 bits per heavy atom. The molecule has 206 valence electrons. The molecule has 1 aliphatic heterocycles. The molecule has 0 radical (unpaired) electrons. The van der Waals surface area contributed by atoms with Gasteiger partial charge < -0.3 is 30.7 Å². The molecule has 4 N–H and O–H groups in total. The summed E-state index contributed by atoms with van der Waals surface area (Å²) in [5.74, 6) is 1.60. The lowest BCUT2D eigenvalue weighted by molar-refractivity contribution is 0.182. The van der Waals surface area contributed by atoms with Crippen LogP contribution < -0.4 is 21.1 Å². The summed E-state index contributed by atoms with van der Waals surface area (Å²) in [7, 11) is 3.79. The number of rotatable bonds is 9. The molecule has 1 fully saturated rings. The van der Waals surface area contributed by atoms with Crippen LogP contribution in [0.25, 0.3) is 16.7 Å². The molecule has 1 aliphatic rings. The van der Waals surface area contributed by atoms with Crippen molar-refractivity contribution >= 4 is 17.1 Å². The average Bonchev–Trinajstić information content (AvgIpc) is 2.98. The minimum atomic E-state index is 0.279. The van der Waals surface area contributed by atoms with E-state index in [2.05, 4.69) is 46.1 Å². The molecule has 8 heteroatoms. The molecule has 3 aromatic carbocycles. The van der Waals surface area contributed by atoms with Crippen LogP contribution in [0.5, 0.6) is 5.75 Å². The van der Waals surface area contributed by atoms with Crippen molar-refractivity contribution in [2.24, 2.45) is 5.73 Å². The van der Waals surface area contributed by atoms with Crippen LogP contribution in [-0.2, 0) is 18.0 Å². The molecule has 0 saturated carbocycles. The van der Waals surface area contributed by atoms with Gasteiger partial charge in [-0.25, -0.2) is 9.97 Å².